The normalized spacial score (nSPS) is 11.7. The van der Waals surface area contributed by atoms with Crippen molar-refractivity contribution in [1.82, 2.24) is 9.38 Å². The molecular weight excluding hydrogens is 366 g/mol. The zero-order valence-electron chi connectivity index (χ0n) is 14.1. The molecule has 3 aromatic heterocycles. The van der Waals surface area contributed by atoms with Crippen LogP contribution in [0, 0.1) is 0 Å². The van der Waals surface area contributed by atoms with Gasteiger partial charge in [-0.05, 0) is 36.8 Å². The van der Waals surface area contributed by atoms with Crippen LogP contribution in [0.25, 0.3) is 16.9 Å². The van der Waals surface area contributed by atoms with Crippen LogP contribution in [0.1, 0.15) is 11.8 Å². The first kappa shape index (κ1) is 16.8. The van der Waals surface area contributed by atoms with E-state index in [1.165, 1.54) is 11.3 Å². The van der Waals surface area contributed by atoms with Gasteiger partial charge < -0.3 is 4.40 Å². The van der Waals surface area contributed by atoms with Crippen molar-refractivity contribution in [3.8, 4) is 11.3 Å². The van der Waals surface area contributed by atoms with Crippen LogP contribution in [-0.4, -0.2) is 17.8 Å². The molecule has 3 heterocycles. The molecule has 5 nitrogen and oxygen atoms in total. The number of thiophene rings is 1. The lowest BCUT2D eigenvalue weighted by Crippen LogP contribution is -2.12. The highest BCUT2D eigenvalue weighted by atomic mass is 32.2. The van der Waals surface area contributed by atoms with Gasteiger partial charge in [0.15, 0.2) is 0 Å². The van der Waals surface area contributed by atoms with Crippen LogP contribution in [0.5, 0.6) is 0 Å². The molecule has 0 unspecified atom stereocenters. The lowest BCUT2D eigenvalue weighted by molar-refractivity contribution is 0.603. The third kappa shape index (κ3) is 3.11. The van der Waals surface area contributed by atoms with Gasteiger partial charge in [-0.1, -0.05) is 31.2 Å². The molecule has 0 aliphatic heterocycles. The maximum absolute atomic E-state index is 12.8. The third-order valence-corrected chi connectivity index (χ3v) is 7.15. The fourth-order valence-corrected chi connectivity index (χ4v) is 5.12. The van der Waals surface area contributed by atoms with Crippen molar-refractivity contribution in [3.05, 3.63) is 71.9 Å². The summed E-state index contributed by atoms with van der Waals surface area (Å²) in [5, 5.41) is 0. The van der Waals surface area contributed by atoms with Crippen LogP contribution in [0.2, 0.25) is 0 Å². The summed E-state index contributed by atoms with van der Waals surface area (Å²) in [4.78, 5) is 5.64. The van der Waals surface area contributed by atoms with Gasteiger partial charge in [-0.15, -0.1) is 11.3 Å². The number of hydrogen-bond acceptors (Lipinski definition) is 4. The predicted octanol–water partition coefficient (Wildman–Crippen LogP) is 4.43. The molecule has 0 bridgehead atoms. The van der Waals surface area contributed by atoms with Gasteiger partial charge in [0.1, 0.15) is 9.86 Å². The topological polar surface area (TPSA) is 63.5 Å². The van der Waals surface area contributed by atoms with Gasteiger partial charge in [-0.2, -0.15) is 0 Å². The fourth-order valence-electron chi connectivity index (χ4n) is 2.75. The molecule has 0 atom stereocenters. The Hall–Kier alpha value is -2.64. The summed E-state index contributed by atoms with van der Waals surface area (Å²) >= 11 is 1.29. The summed E-state index contributed by atoms with van der Waals surface area (Å²) in [5.41, 5.74) is 2.79. The summed E-state index contributed by atoms with van der Waals surface area (Å²) in [6.07, 6.45) is 4.62. The highest BCUT2D eigenvalue weighted by molar-refractivity contribution is 7.94. The van der Waals surface area contributed by atoms with E-state index in [2.05, 4.69) is 9.71 Å². The Kier molecular flexibility index (Phi) is 4.26. The molecule has 0 saturated heterocycles. The fraction of sp³-hybridized carbons (Fsp3) is 0.105. The van der Waals surface area contributed by atoms with E-state index in [4.69, 9.17) is 0 Å². The minimum absolute atomic E-state index is 0.319. The molecule has 4 aromatic rings. The number of rotatable bonds is 5. The number of pyridine rings is 1. The zero-order valence-corrected chi connectivity index (χ0v) is 15.7. The van der Waals surface area contributed by atoms with E-state index in [0.29, 0.717) is 9.90 Å². The van der Waals surface area contributed by atoms with Gasteiger partial charge >= 0.3 is 0 Å². The Morgan fingerprint density at radius 3 is 2.65 bits per heavy atom. The molecular formula is C19H17N3O2S2. The number of fused-ring (bicyclic) bond motifs is 1. The Bertz CT molecular complexity index is 1140. The first-order chi connectivity index (χ1) is 12.6. The second-order valence-corrected chi connectivity index (χ2v) is 8.90. The Balaban J connectivity index is 1.74. The van der Waals surface area contributed by atoms with E-state index in [-0.39, 0.29) is 0 Å². The standard InChI is InChI=1S/C19H17N3O2S2/c1-2-14-10-11-19(25-14)26(23,24)21-16-8-4-3-7-15(16)17-13-22-12-6-5-9-18(22)20-17/h3-13,21H,2H2,1H3. The number of nitrogens with one attached hydrogen (secondary N) is 1. The Morgan fingerprint density at radius 2 is 1.88 bits per heavy atom. The van der Waals surface area contributed by atoms with E-state index in [9.17, 15) is 8.42 Å². The maximum atomic E-state index is 12.8. The van der Waals surface area contributed by atoms with Gasteiger partial charge in [0.2, 0.25) is 0 Å². The number of sulfonamides is 1. The number of para-hydroxylation sites is 1. The van der Waals surface area contributed by atoms with E-state index in [1.807, 2.05) is 66.2 Å². The first-order valence-electron chi connectivity index (χ1n) is 8.21. The number of aromatic nitrogens is 2. The highest BCUT2D eigenvalue weighted by Crippen LogP contribution is 2.31. The van der Waals surface area contributed by atoms with Crippen LogP contribution in [0.4, 0.5) is 5.69 Å². The van der Waals surface area contributed by atoms with Crippen LogP contribution in [-0.2, 0) is 16.4 Å². The number of nitrogens with zero attached hydrogens (tertiary/aromatic N) is 2. The highest BCUT2D eigenvalue weighted by Gasteiger charge is 2.19. The van der Waals surface area contributed by atoms with Crippen molar-refractivity contribution in [2.75, 3.05) is 4.72 Å². The third-order valence-electron chi connectivity index (χ3n) is 4.06. The van der Waals surface area contributed by atoms with Crippen LogP contribution >= 0.6 is 11.3 Å². The van der Waals surface area contributed by atoms with Crippen LogP contribution in [0.3, 0.4) is 0 Å². The van der Waals surface area contributed by atoms with Crippen molar-refractivity contribution in [2.45, 2.75) is 17.6 Å². The molecule has 7 heteroatoms. The molecule has 26 heavy (non-hydrogen) atoms. The first-order valence-corrected chi connectivity index (χ1v) is 10.5. The van der Waals surface area contributed by atoms with Crippen molar-refractivity contribution < 1.29 is 8.42 Å². The smallest absolute Gasteiger partial charge is 0.271 e. The van der Waals surface area contributed by atoms with E-state index in [0.717, 1.165) is 28.2 Å². The molecule has 0 amide bonds. The lowest BCUT2D eigenvalue weighted by atomic mass is 10.1. The van der Waals surface area contributed by atoms with Crippen molar-refractivity contribution >= 4 is 32.7 Å². The lowest BCUT2D eigenvalue weighted by Gasteiger charge is -2.10. The Labute approximate surface area is 156 Å². The molecule has 0 aliphatic carbocycles. The van der Waals surface area contributed by atoms with Gasteiger partial charge in [0.25, 0.3) is 10.0 Å². The van der Waals surface area contributed by atoms with Gasteiger partial charge in [-0.3, -0.25) is 4.72 Å². The van der Waals surface area contributed by atoms with Crippen LogP contribution < -0.4 is 4.72 Å². The molecule has 0 aliphatic rings. The summed E-state index contributed by atoms with van der Waals surface area (Å²) in [6, 6.07) is 16.6. The minimum Gasteiger partial charge on any atom is -0.306 e. The maximum Gasteiger partial charge on any atom is 0.271 e. The molecule has 0 radical (unpaired) electrons. The summed E-state index contributed by atoms with van der Waals surface area (Å²) in [5.74, 6) is 0. The van der Waals surface area contributed by atoms with E-state index >= 15 is 0 Å². The number of aryl methyl sites for hydroxylation is 1. The average molecular weight is 383 g/mol. The Morgan fingerprint density at radius 1 is 1.08 bits per heavy atom. The van der Waals surface area contributed by atoms with Gasteiger partial charge in [-0.25, -0.2) is 13.4 Å². The number of hydrogen-bond donors (Lipinski definition) is 1. The molecule has 0 fully saturated rings. The predicted molar refractivity (Wildman–Crippen MR) is 105 cm³/mol. The largest absolute Gasteiger partial charge is 0.306 e. The second-order valence-electron chi connectivity index (χ2n) is 5.82. The van der Waals surface area contributed by atoms with Gasteiger partial charge in [0, 0.05) is 22.8 Å². The second kappa shape index (κ2) is 6.59. The molecule has 132 valence electrons. The molecule has 4 rings (SSSR count). The summed E-state index contributed by atoms with van der Waals surface area (Å²) in [7, 11) is -3.63. The quantitative estimate of drug-likeness (QED) is 0.555. The molecule has 0 spiro atoms. The SMILES string of the molecule is CCc1ccc(S(=O)(=O)Nc2ccccc2-c2cn3ccccc3n2)s1. The van der Waals surface area contributed by atoms with E-state index in [1.54, 1.807) is 12.1 Å². The molecule has 1 aromatic carbocycles. The summed E-state index contributed by atoms with van der Waals surface area (Å²) < 4.78 is 30.5. The molecule has 1 N–H and O–H groups in total. The van der Waals surface area contributed by atoms with Crippen LogP contribution in [0.15, 0.2) is 71.2 Å². The zero-order chi connectivity index (χ0) is 18.1. The minimum atomic E-state index is -3.63. The molecule has 0 saturated carbocycles. The van der Waals surface area contributed by atoms with Crippen molar-refractivity contribution in [2.24, 2.45) is 0 Å². The number of imidazole rings is 1. The van der Waals surface area contributed by atoms with Gasteiger partial charge in [0.05, 0.1) is 11.4 Å². The van der Waals surface area contributed by atoms with E-state index < -0.39 is 10.0 Å². The number of benzene rings is 1. The van der Waals surface area contributed by atoms with Crippen molar-refractivity contribution in [1.29, 1.82) is 0 Å². The monoisotopic (exact) mass is 383 g/mol. The average Bonchev–Trinajstić information content (AvgIpc) is 3.29. The van der Waals surface area contributed by atoms with Crippen molar-refractivity contribution in [3.63, 3.8) is 0 Å². The number of anilines is 1. The summed E-state index contributed by atoms with van der Waals surface area (Å²) in [6.45, 7) is 2.01.